The van der Waals surface area contributed by atoms with Crippen molar-refractivity contribution in [2.24, 2.45) is 0 Å². The van der Waals surface area contributed by atoms with Crippen molar-refractivity contribution >= 4 is 34.4 Å². The van der Waals surface area contributed by atoms with E-state index in [9.17, 15) is 4.79 Å². The number of H-pyrrole nitrogens is 1. The summed E-state index contributed by atoms with van der Waals surface area (Å²) in [5, 5.41) is 11.1. The molecule has 0 spiro atoms. The van der Waals surface area contributed by atoms with Crippen LogP contribution in [0.1, 0.15) is 25.3 Å². The second-order valence-corrected chi connectivity index (χ2v) is 10.7. The molecule has 3 N–H and O–H groups in total. The number of imidazole rings is 1. The molecule has 5 aromatic rings. The minimum atomic E-state index is -0.0746. The van der Waals surface area contributed by atoms with Crippen LogP contribution in [0.3, 0.4) is 0 Å². The van der Waals surface area contributed by atoms with E-state index >= 15 is 0 Å². The smallest absolute Gasteiger partial charge is 0.216 e. The molecule has 1 amide bonds. The van der Waals surface area contributed by atoms with Crippen LogP contribution in [-0.4, -0.2) is 72.8 Å². The van der Waals surface area contributed by atoms with Gasteiger partial charge in [-0.15, -0.1) is 0 Å². The molecule has 1 fully saturated rings. The highest BCUT2D eigenvalue weighted by molar-refractivity contribution is 6.34. The second-order valence-electron chi connectivity index (χ2n) is 10.3. The molecule has 1 aliphatic rings. The number of benzene rings is 2. The molecule has 4 heterocycles. The lowest BCUT2D eigenvalue weighted by atomic mass is 10.0. The number of nitrogens with one attached hydrogen (secondary N) is 3. The third kappa shape index (κ3) is 6.53. The molecule has 3 aromatic heterocycles. The number of rotatable bonds is 10. The standard InChI is InChI=1S/C30H32ClN9O2/c1-20(41)33-12-15-42-25-8-4-22(5-9-25)29-37-28-27(26(31)16-34-30(28)38-29)36-23-10-13-39(14-11-23)17-21-2-6-24(7-3-21)40-19-32-18-35-40/h2-9,16,18-19,23H,10-15,17H2,1H3,(H,33,41)(H2,34,36,37,38). The van der Waals surface area contributed by atoms with Crippen LogP contribution < -0.4 is 15.4 Å². The van der Waals surface area contributed by atoms with Crippen molar-refractivity contribution in [3.05, 3.63) is 78.0 Å². The van der Waals surface area contributed by atoms with E-state index in [1.54, 1.807) is 17.2 Å². The molecule has 0 radical (unpaired) electrons. The van der Waals surface area contributed by atoms with Gasteiger partial charge in [0.2, 0.25) is 5.91 Å². The van der Waals surface area contributed by atoms with Gasteiger partial charge in [-0.3, -0.25) is 9.69 Å². The Kier molecular flexibility index (Phi) is 8.29. The van der Waals surface area contributed by atoms with Crippen LogP contribution in [0.5, 0.6) is 5.75 Å². The van der Waals surface area contributed by atoms with Gasteiger partial charge < -0.3 is 20.4 Å². The van der Waals surface area contributed by atoms with E-state index in [1.807, 2.05) is 24.3 Å². The number of carbonyl (C=O) groups is 1. The van der Waals surface area contributed by atoms with Gasteiger partial charge in [-0.1, -0.05) is 23.7 Å². The highest BCUT2D eigenvalue weighted by Gasteiger charge is 2.22. The monoisotopic (exact) mass is 585 g/mol. The molecular formula is C30H32ClN9O2. The van der Waals surface area contributed by atoms with Crippen LogP contribution in [0.2, 0.25) is 5.02 Å². The van der Waals surface area contributed by atoms with Crippen LogP contribution in [0, 0.1) is 0 Å². The molecule has 0 aliphatic carbocycles. The van der Waals surface area contributed by atoms with Crippen molar-refractivity contribution in [3.63, 3.8) is 0 Å². The fourth-order valence-electron chi connectivity index (χ4n) is 5.11. The summed E-state index contributed by atoms with van der Waals surface area (Å²) in [7, 11) is 0. The molecule has 1 saturated heterocycles. The molecule has 1 aliphatic heterocycles. The zero-order valence-corrected chi connectivity index (χ0v) is 24.0. The maximum atomic E-state index is 11.0. The van der Waals surface area contributed by atoms with Crippen molar-refractivity contribution in [2.45, 2.75) is 32.4 Å². The van der Waals surface area contributed by atoms with Crippen LogP contribution in [0.25, 0.3) is 28.2 Å². The Morgan fingerprint density at radius 3 is 2.62 bits per heavy atom. The van der Waals surface area contributed by atoms with Crippen molar-refractivity contribution in [3.8, 4) is 22.8 Å². The first-order valence-electron chi connectivity index (χ1n) is 14.0. The first kappa shape index (κ1) is 27.7. The topological polar surface area (TPSA) is 126 Å². The Labute approximate surface area is 248 Å². The van der Waals surface area contributed by atoms with Crippen LogP contribution >= 0.6 is 11.6 Å². The number of halogens is 1. The van der Waals surface area contributed by atoms with E-state index < -0.39 is 0 Å². The molecule has 0 bridgehead atoms. The number of amides is 1. The summed E-state index contributed by atoms with van der Waals surface area (Å²) in [4.78, 5) is 30.1. The lowest BCUT2D eigenvalue weighted by molar-refractivity contribution is -0.119. The molecule has 0 saturated carbocycles. The number of hydrogen-bond donors (Lipinski definition) is 3. The minimum Gasteiger partial charge on any atom is -0.492 e. The lowest BCUT2D eigenvalue weighted by Gasteiger charge is -2.33. The van der Waals surface area contributed by atoms with Gasteiger partial charge in [-0.25, -0.2) is 19.6 Å². The number of nitrogens with zero attached hydrogens (tertiary/aromatic N) is 6. The predicted octanol–water partition coefficient (Wildman–Crippen LogP) is 4.45. The van der Waals surface area contributed by atoms with Gasteiger partial charge >= 0.3 is 0 Å². The predicted molar refractivity (Wildman–Crippen MR) is 162 cm³/mol. The Bertz CT molecular complexity index is 1630. The third-order valence-corrected chi connectivity index (χ3v) is 7.59. The van der Waals surface area contributed by atoms with E-state index in [-0.39, 0.29) is 5.91 Å². The summed E-state index contributed by atoms with van der Waals surface area (Å²) >= 11 is 6.63. The summed E-state index contributed by atoms with van der Waals surface area (Å²) < 4.78 is 7.45. The molecule has 11 nitrogen and oxygen atoms in total. The highest BCUT2D eigenvalue weighted by Crippen LogP contribution is 2.32. The van der Waals surface area contributed by atoms with Crippen molar-refractivity contribution in [2.75, 3.05) is 31.6 Å². The molecule has 216 valence electrons. The molecule has 6 rings (SSSR count). The van der Waals surface area contributed by atoms with Crippen molar-refractivity contribution in [1.29, 1.82) is 0 Å². The molecule has 42 heavy (non-hydrogen) atoms. The van der Waals surface area contributed by atoms with Gasteiger partial charge in [-0.2, -0.15) is 5.10 Å². The second kappa shape index (κ2) is 12.6. The van der Waals surface area contributed by atoms with E-state index in [1.165, 1.54) is 18.8 Å². The minimum absolute atomic E-state index is 0.0746. The first-order chi connectivity index (χ1) is 20.5. The Balaban J connectivity index is 1.06. The number of likely N-dealkylation sites (tertiary alicyclic amines) is 1. The molecule has 0 atom stereocenters. The van der Waals surface area contributed by atoms with Gasteiger partial charge in [0.1, 0.15) is 36.4 Å². The maximum Gasteiger partial charge on any atom is 0.216 e. The molecule has 0 unspecified atom stereocenters. The summed E-state index contributed by atoms with van der Waals surface area (Å²) in [5.74, 6) is 1.35. The van der Waals surface area contributed by atoms with E-state index in [0.717, 1.165) is 60.7 Å². The normalized spacial score (nSPS) is 14.2. The Morgan fingerprint density at radius 1 is 1.12 bits per heavy atom. The first-order valence-corrected chi connectivity index (χ1v) is 14.3. The number of hydrogen-bond acceptors (Lipinski definition) is 8. The van der Waals surface area contributed by atoms with Gasteiger partial charge in [0, 0.05) is 38.2 Å². The number of ether oxygens (including phenoxy) is 1. The highest BCUT2D eigenvalue weighted by atomic mass is 35.5. The molecule has 12 heteroatoms. The van der Waals surface area contributed by atoms with Gasteiger partial charge in [0.15, 0.2) is 5.65 Å². The van der Waals surface area contributed by atoms with Gasteiger partial charge in [0.05, 0.1) is 29.1 Å². The number of carbonyl (C=O) groups excluding carboxylic acids is 1. The number of fused-ring (bicyclic) bond motifs is 1. The van der Waals surface area contributed by atoms with Crippen LogP contribution in [0.15, 0.2) is 67.4 Å². The number of aromatic amines is 1. The largest absolute Gasteiger partial charge is 0.492 e. The average molecular weight is 586 g/mol. The Hall–Kier alpha value is -4.48. The van der Waals surface area contributed by atoms with Gasteiger partial charge in [0.25, 0.3) is 0 Å². The summed E-state index contributed by atoms with van der Waals surface area (Å²) in [5.41, 5.74) is 5.43. The fourth-order valence-corrected chi connectivity index (χ4v) is 5.31. The molecule has 2 aromatic carbocycles. The zero-order valence-electron chi connectivity index (χ0n) is 23.3. The number of piperidine rings is 1. The van der Waals surface area contributed by atoms with Crippen LogP contribution in [0.4, 0.5) is 5.69 Å². The maximum absolute atomic E-state index is 11.0. The number of pyridine rings is 1. The van der Waals surface area contributed by atoms with Gasteiger partial charge in [-0.05, 0) is 54.8 Å². The quantitative estimate of drug-likeness (QED) is 0.205. The van der Waals surface area contributed by atoms with E-state index in [2.05, 4.69) is 59.8 Å². The molecular weight excluding hydrogens is 554 g/mol. The zero-order chi connectivity index (χ0) is 28.9. The average Bonchev–Trinajstić information content (AvgIpc) is 3.70. The number of aromatic nitrogens is 6. The SMILES string of the molecule is CC(=O)NCCOc1ccc(-c2nc3ncc(Cl)c(NC4CCN(Cc5ccc(-n6cncn6)cc5)CC4)c3[nH]2)cc1. The summed E-state index contributed by atoms with van der Waals surface area (Å²) in [6.07, 6.45) is 6.90. The van der Waals surface area contributed by atoms with Crippen LogP contribution in [-0.2, 0) is 11.3 Å². The lowest BCUT2D eigenvalue weighted by Crippen LogP contribution is -2.38. The summed E-state index contributed by atoms with van der Waals surface area (Å²) in [6, 6.07) is 16.4. The third-order valence-electron chi connectivity index (χ3n) is 7.31. The van der Waals surface area contributed by atoms with E-state index in [0.29, 0.717) is 35.7 Å². The Morgan fingerprint density at radius 2 is 1.90 bits per heavy atom. The van der Waals surface area contributed by atoms with E-state index in [4.69, 9.17) is 21.3 Å². The number of anilines is 1. The summed E-state index contributed by atoms with van der Waals surface area (Å²) in [6.45, 7) is 5.23. The fraction of sp³-hybridized carbons (Fsp3) is 0.300. The van der Waals surface area contributed by atoms with Crippen molar-refractivity contribution < 1.29 is 9.53 Å². The van der Waals surface area contributed by atoms with Crippen molar-refractivity contribution in [1.82, 2.24) is 39.9 Å².